The first-order valence-electron chi connectivity index (χ1n) is 8.98. The molecule has 0 aliphatic carbocycles. The molecule has 3 rings (SSSR count). The van der Waals surface area contributed by atoms with Gasteiger partial charge in [-0.05, 0) is 31.4 Å². The van der Waals surface area contributed by atoms with E-state index in [0.29, 0.717) is 19.8 Å². The minimum Gasteiger partial charge on any atom is -0.494 e. The lowest BCUT2D eigenvalue weighted by atomic mass is 9.91. The number of ether oxygens (including phenoxy) is 3. The van der Waals surface area contributed by atoms with Gasteiger partial charge in [0.2, 0.25) is 0 Å². The van der Waals surface area contributed by atoms with Crippen molar-refractivity contribution in [3.63, 3.8) is 0 Å². The average molecular weight is 333 g/mol. The third kappa shape index (κ3) is 5.03. The molecular weight excluding hydrogens is 306 g/mol. The van der Waals surface area contributed by atoms with Crippen molar-refractivity contribution in [3.05, 3.63) is 29.8 Å². The topological polar surface area (TPSA) is 48.0 Å². The van der Waals surface area contributed by atoms with Crippen LogP contribution in [0.15, 0.2) is 24.3 Å². The van der Waals surface area contributed by atoms with Crippen LogP contribution in [0.25, 0.3) is 0 Å². The zero-order chi connectivity index (χ0) is 16.6. The molecule has 2 heterocycles. The van der Waals surface area contributed by atoms with E-state index >= 15 is 0 Å². The first-order chi connectivity index (χ1) is 11.8. The molecule has 0 amide bonds. The first-order valence-corrected chi connectivity index (χ1v) is 8.98. The van der Waals surface area contributed by atoms with Gasteiger partial charge in [0.1, 0.15) is 5.75 Å². The second-order valence-electron chi connectivity index (χ2n) is 6.43. The van der Waals surface area contributed by atoms with Gasteiger partial charge < -0.3 is 14.2 Å². The summed E-state index contributed by atoms with van der Waals surface area (Å²) in [4.78, 5) is 15.0. The van der Waals surface area contributed by atoms with Gasteiger partial charge in [-0.1, -0.05) is 12.1 Å². The quantitative estimate of drug-likeness (QED) is 0.566. The molecule has 0 aromatic heterocycles. The Morgan fingerprint density at radius 3 is 2.67 bits per heavy atom. The Kier molecular flexibility index (Phi) is 6.64. The van der Waals surface area contributed by atoms with Crippen molar-refractivity contribution in [2.75, 3.05) is 52.7 Å². The molecular formula is C19H27NO4. The highest BCUT2D eigenvalue weighted by Crippen LogP contribution is 2.22. The van der Waals surface area contributed by atoms with Gasteiger partial charge in [0.15, 0.2) is 5.78 Å². The Balaban J connectivity index is 1.45. The van der Waals surface area contributed by atoms with Crippen LogP contribution < -0.4 is 4.74 Å². The number of ketones is 1. The third-order valence-corrected chi connectivity index (χ3v) is 4.70. The Morgan fingerprint density at radius 1 is 1.12 bits per heavy atom. The molecule has 24 heavy (non-hydrogen) atoms. The molecule has 2 aliphatic heterocycles. The molecule has 2 aliphatic rings. The number of morpholine rings is 1. The van der Waals surface area contributed by atoms with E-state index in [1.807, 2.05) is 24.3 Å². The van der Waals surface area contributed by atoms with Crippen LogP contribution in [0.3, 0.4) is 0 Å². The number of hydrogen-bond acceptors (Lipinski definition) is 5. The molecule has 2 saturated heterocycles. The van der Waals surface area contributed by atoms with Gasteiger partial charge in [-0.2, -0.15) is 0 Å². The number of benzene rings is 1. The maximum Gasteiger partial charge on any atom is 0.166 e. The molecule has 0 N–H and O–H groups in total. The second kappa shape index (κ2) is 9.16. The molecule has 1 aromatic carbocycles. The van der Waals surface area contributed by atoms with Crippen LogP contribution in [-0.2, 0) is 9.47 Å². The summed E-state index contributed by atoms with van der Waals surface area (Å²) in [5, 5.41) is 0. The number of nitrogens with zero attached hydrogens (tertiary/aromatic N) is 1. The van der Waals surface area contributed by atoms with E-state index in [-0.39, 0.29) is 11.7 Å². The van der Waals surface area contributed by atoms with Crippen molar-refractivity contribution >= 4 is 5.78 Å². The molecule has 132 valence electrons. The van der Waals surface area contributed by atoms with Crippen molar-refractivity contribution in [1.82, 2.24) is 4.90 Å². The summed E-state index contributed by atoms with van der Waals surface area (Å²) in [5.74, 6) is 1.10. The fourth-order valence-corrected chi connectivity index (χ4v) is 3.24. The van der Waals surface area contributed by atoms with E-state index in [1.165, 1.54) is 0 Å². The summed E-state index contributed by atoms with van der Waals surface area (Å²) in [7, 11) is 0. The van der Waals surface area contributed by atoms with E-state index < -0.39 is 0 Å². The zero-order valence-electron chi connectivity index (χ0n) is 14.2. The van der Waals surface area contributed by atoms with E-state index in [2.05, 4.69) is 4.90 Å². The monoisotopic (exact) mass is 333 g/mol. The van der Waals surface area contributed by atoms with Gasteiger partial charge in [0, 0.05) is 44.3 Å². The van der Waals surface area contributed by atoms with E-state index in [0.717, 1.165) is 63.4 Å². The molecule has 2 fully saturated rings. The second-order valence-corrected chi connectivity index (χ2v) is 6.43. The summed E-state index contributed by atoms with van der Waals surface area (Å²) in [6.45, 7) is 6.76. The summed E-state index contributed by atoms with van der Waals surface area (Å²) < 4.78 is 16.5. The highest BCUT2D eigenvalue weighted by atomic mass is 16.5. The Labute approximate surface area is 143 Å². The number of rotatable bonds is 7. The van der Waals surface area contributed by atoms with Crippen LogP contribution >= 0.6 is 0 Å². The molecule has 1 aromatic rings. The van der Waals surface area contributed by atoms with E-state index in [4.69, 9.17) is 14.2 Å². The molecule has 5 heteroatoms. The third-order valence-electron chi connectivity index (χ3n) is 4.70. The maximum atomic E-state index is 12.6. The van der Waals surface area contributed by atoms with Crippen molar-refractivity contribution in [2.24, 2.45) is 5.92 Å². The van der Waals surface area contributed by atoms with Gasteiger partial charge in [-0.25, -0.2) is 0 Å². The van der Waals surface area contributed by atoms with Crippen LogP contribution in [0.2, 0.25) is 0 Å². The number of carbonyl (C=O) groups excluding carboxylic acids is 1. The van der Waals surface area contributed by atoms with Crippen molar-refractivity contribution < 1.29 is 19.0 Å². The van der Waals surface area contributed by atoms with Crippen LogP contribution in [-0.4, -0.2) is 63.4 Å². The summed E-state index contributed by atoms with van der Waals surface area (Å²) in [6.07, 6.45) is 2.63. The zero-order valence-corrected chi connectivity index (χ0v) is 14.2. The van der Waals surface area contributed by atoms with Crippen molar-refractivity contribution in [3.8, 4) is 5.75 Å². The van der Waals surface area contributed by atoms with Crippen LogP contribution in [0, 0.1) is 5.92 Å². The smallest absolute Gasteiger partial charge is 0.166 e. The minimum atomic E-state index is 0.0929. The number of hydrogen-bond donors (Lipinski definition) is 0. The van der Waals surface area contributed by atoms with Crippen LogP contribution in [0.1, 0.15) is 29.6 Å². The van der Waals surface area contributed by atoms with Crippen LogP contribution in [0.5, 0.6) is 5.75 Å². The first kappa shape index (κ1) is 17.4. The standard InChI is InChI=1S/C19H27NO4/c21-19(16-5-11-22-12-6-16)17-3-1-4-18(15-17)24-10-2-7-20-8-13-23-14-9-20/h1,3-4,15-16H,2,5-14H2. The van der Waals surface area contributed by atoms with Crippen LogP contribution in [0.4, 0.5) is 0 Å². The Bertz CT molecular complexity index is 522. The maximum absolute atomic E-state index is 12.6. The largest absolute Gasteiger partial charge is 0.494 e. The minimum absolute atomic E-state index is 0.0929. The molecule has 0 unspecified atom stereocenters. The molecule has 0 spiro atoms. The summed E-state index contributed by atoms with van der Waals surface area (Å²) in [6, 6.07) is 7.60. The van der Waals surface area contributed by atoms with E-state index in [1.54, 1.807) is 0 Å². The number of Topliss-reactive ketones (excluding diaryl/α,β-unsaturated/α-hetero) is 1. The summed E-state index contributed by atoms with van der Waals surface area (Å²) >= 11 is 0. The van der Waals surface area contributed by atoms with Gasteiger partial charge in [-0.3, -0.25) is 9.69 Å². The molecule has 0 bridgehead atoms. The molecule has 5 nitrogen and oxygen atoms in total. The predicted molar refractivity (Wildman–Crippen MR) is 91.7 cm³/mol. The normalized spacial score (nSPS) is 20.0. The lowest BCUT2D eigenvalue weighted by Crippen LogP contribution is -2.37. The van der Waals surface area contributed by atoms with Gasteiger partial charge in [0.05, 0.1) is 19.8 Å². The van der Waals surface area contributed by atoms with Gasteiger partial charge in [0.25, 0.3) is 0 Å². The lowest BCUT2D eigenvalue weighted by molar-refractivity contribution is 0.0358. The van der Waals surface area contributed by atoms with Crippen molar-refractivity contribution in [1.29, 1.82) is 0 Å². The highest BCUT2D eigenvalue weighted by molar-refractivity contribution is 5.98. The summed E-state index contributed by atoms with van der Waals surface area (Å²) in [5.41, 5.74) is 0.757. The SMILES string of the molecule is O=C(c1cccc(OCCCN2CCOCC2)c1)C1CCOCC1. The molecule has 0 saturated carbocycles. The van der Waals surface area contributed by atoms with Gasteiger partial charge in [-0.15, -0.1) is 0 Å². The Hall–Kier alpha value is -1.43. The molecule has 0 atom stereocenters. The highest BCUT2D eigenvalue weighted by Gasteiger charge is 2.23. The lowest BCUT2D eigenvalue weighted by Gasteiger charge is -2.26. The van der Waals surface area contributed by atoms with Gasteiger partial charge >= 0.3 is 0 Å². The van der Waals surface area contributed by atoms with E-state index in [9.17, 15) is 4.79 Å². The number of carbonyl (C=O) groups is 1. The average Bonchev–Trinajstić information content (AvgIpc) is 2.66. The Morgan fingerprint density at radius 2 is 1.88 bits per heavy atom. The molecule has 0 radical (unpaired) electrons. The predicted octanol–water partition coefficient (Wildman–Crippen LogP) is 2.40. The fourth-order valence-electron chi connectivity index (χ4n) is 3.24. The van der Waals surface area contributed by atoms with Crippen molar-refractivity contribution in [2.45, 2.75) is 19.3 Å². The fraction of sp³-hybridized carbons (Fsp3) is 0.632.